The molecule has 0 saturated carbocycles. The number of rotatable bonds is 3. The predicted molar refractivity (Wildman–Crippen MR) is 89.5 cm³/mol. The molecule has 0 radical (unpaired) electrons. The zero-order valence-electron chi connectivity index (χ0n) is 14.9. The normalized spacial score (nSPS) is 26.0. The largest absolute Gasteiger partial charge is 0.377 e. The van der Waals surface area contributed by atoms with E-state index in [1.165, 1.54) is 4.31 Å². The molecule has 2 saturated heterocycles. The van der Waals surface area contributed by atoms with Crippen molar-refractivity contribution in [1.82, 2.24) is 14.4 Å². The van der Waals surface area contributed by atoms with Gasteiger partial charge >= 0.3 is 0 Å². The number of carbonyl (C=O) groups excluding carboxylic acids is 1. The lowest BCUT2D eigenvalue weighted by Gasteiger charge is -2.38. The average Bonchev–Trinajstić information content (AvgIpc) is 2.94. The maximum Gasteiger partial charge on any atom is 0.248 e. The van der Waals surface area contributed by atoms with Gasteiger partial charge in [-0.05, 0) is 33.6 Å². The second kappa shape index (κ2) is 7.05. The van der Waals surface area contributed by atoms with E-state index < -0.39 is 10.0 Å². The number of hydrogen-bond acceptors (Lipinski definition) is 6. The van der Waals surface area contributed by atoms with Crippen LogP contribution in [0.25, 0.3) is 0 Å². The minimum absolute atomic E-state index is 0.0227. The molecule has 25 heavy (non-hydrogen) atoms. The molecule has 140 valence electrons. The summed E-state index contributed by atoms with van der Waals surface area (Å²) in [5, 5.41) is 3.74. The number of ether oxygens (including phenoxy) is 1. The van der Waals surface area contributed by atoms with Crippen LogP contribution < -0.4 is 0 Å². The van der Waals surface area contributed by atoms with Crippen molar-refractivity contribution >= 4 is 15.9 Å². The monoisotopic (exact) mass is 371 g/mol. The number of piperidine rings is 1. The van der Waals surface area contributed by atoms with Gasteiger partial charge in [0.1, 0.15) is 10.6 Å². The Morgan fingerprint density at radius 1 is 1.28 bits per heavy atom. The van der Waals surface area contributed by atoms with Crippen LogP contribution in [0.2, 0.25) is 0 Å². The standard InChI is InChI=1S/C16H25N3O5S/c1-11-10-23-8-7-19(11)16(20)14-5-4-6-18(9-14)25(21,22)15-12(2)17-24-13(15)3/h11,14H,4-10H2,1-3H3. The van der Waals surface area contributed by atoms with E-state index in [1.54, 1.807) is 13.8 Å². The van der Waals surface area contributed by atoms with Crippen LogP contribution >= 0.6 is 0 Å². The Kier molecular flexibility index (Phi) is 5.17. The third-order valence-corrected chi connectivity index (χ3v) is 7.06. The van der Waals surface area contributed by atoms with Crippen molar-refractivity contribution < 1.29 is 22.5 Å². The zero-order valence-corrected chi connectivity index (χ0v) is 15.7. The van der Waals surface area contributed by atoms with E-state index in [1.807, 2.05) is 11.8 Å². The summed E-state index contributed by atoms with van der Waals surface area (Å²) in [6.07, 6.45) is 1.37. The van der Waals surface area contributed by atoms with Gasteiger partial charge in [-0.15, -0.1) is 0 Å². The molecule has 1 amide bonds. The summed E-state index contributed by atoms with van der Waals surface area (Å²) in [6, 6.07) is 0.0239. The molecule has 0 N–H and O–H groups in total. The fourth-order valence-corrected chi connectivity index (χ4v) is 5.44. The van der Waals surface area contributed by atoms with Crippen LogP contribution in [0, 0.1) is 19.8 Å². The Balaban J connectivity index is 1.78. The highest BCUT2D eigenvalue weighted by Crippen LogP contribution is 2.29. The molecule has 8 nitrogen and oxygen atoms in total. The molecular formula is C16H25N3O5S. The Bertz CT molecular complexity index is 725. The maximum atomic E-state index is 13.0. The van der Waals surface area contributed by atoms with Gasteiger partial charge in [-0.25, -0.2) is 8.42 Å². The molecule has 3 heterocycles. The van der Waals surface area contributed by atoms with E-state index in [4.69, 9.17) is 9.26 Å². The van der Waals surface area contributed by atoms with Crippen LogP contribution in [-0.2, 0) is 19.6 Å². The van der Waals surface area contributed by atoms with Gasteiger partial charge in [0.05, 0.1) is 25.2 Å². The average molecular weight is 371 g/mol. The molecule has 0 bridgehead atoms. The summed E-state index contributed by atoms with van der Waals surface area (Å²) in [4.78, 5) is 14.8. The number of nitrogens with zero attached hydrogens (tertiary/aromatic N) is 3. The number of morpholine rings is 1. The molecule has 0 spiro atoms. The zero-order chi connectivity index (χ0) is 18.2. The fraction of sp³-hybridized carbons (Fsp3) is 0.750. The van der Waals surface area contributed by atoms with Crippen molar-refractivity contribution in [3.05, 3.63) is 11.5 Å². The number of aryl methyl sites for hydroxylation is 2. The van der Waals surface area contributed by atoms with Crippen molar-refractivity contribution in [1.29, 1.82) is 0 Å². The lowest BCUT2D eigenvalue weighted by molar-refractivity contribution is -0.144. The lowest BCUT2D eigenvalue weighted by Crippen LogP contribution is -2.52. The second-order valence-electron chi connectivity index (χ2n) is 6.81. The van der Waals surface area contributed by atoms with E-state index in [0.29, 0.717) is 44.8 Å². The Labute approximate surface area is 148 Å². The Morgan fingerprint density at radius 3 is 2.68 bits per heavy atom. The van der Waals surface area contributed by atoms with Gasteiger partial charge in [-0.3, -0.25) is 4.79 Å². The van der Waals surface area contributed by atoms with Gasteiger partial charge in [0, 0.05) is 19.6 Å². The molecule has 1 aromatic heterocycles. The number of hydrogen-bond donors (Lipinski definition) is 0. The van der Waals surface area contributed by atoms with Crippen molar-refractivity contribution in [3.8, 4) is 0 Å². The summed E-state index contributed by atoms with van der Waals surface area (Å²) in [6.45, 7) is 7.40. The Hall–Kier alpha value is -1.45. The van der Waals surface area contributed by atoms with Crippen molar-refractivity contribution in [2.24, 2.45) is 5.92 Å². The highest BCUT2D eigenvalue weighted by atomic mass is 32.2. The summed E-state index contributed by atoms with van der Waals surface area (Å²) >= 11 is 0. The molecular weight excluding hydrogens is 346 g/mol. The van der Waals surface area contributed by atoms with Crippen LogP contribution in [-0.4, -0.2) is 67.6 Å². The number of sulfonamides is 1. The van der Waals surface area contributed by atoms with E-state index in [-0.39, 0.29) is 35.1 Å². The number of amides is 1. The van der Waals surface area contributed by atoms with Gasteiger partial charge in [-0.1, -0.05) is 5.16 Å². The first kappa shape index (κ1) is 18.3. The highest BCUT2D eigenvalue weighted by molar-refractivity contribution is 7.89. The number of carbonyl (C=O) groups is 1. The van der Waals surface area contributed by atoms with Crippen LogP contribution in [0.1, 0.15) is 31.2 Å². The van der Waals surface area contributed by atoms with Crippen LogP contribution in [0.15, 0.2) is 9.42 Å². The SMILES string of the molecule is Cc1noc(C)c1S(=O)(=O)N1CCCC(C(=O)N2CCOCC2C)C1. The fourth-order valence-electron chi connectivity index (χ4n) is 3.62. The second-order valence-corrected chi connectivity index (χ2v) is 8.69. The van der Waals surface area contributed by atoms with Gasteiger partial charge < -0.3 is 14.2 Å². The summed E-state index contributed by atoms with van der Waals surface area (Å²) in [5.41, 5.74) is 0.354. The van der Waals surface area contributed by atoms with E-state index in [9.17, 15) is 13.2 Å². The third-order valence-electron chi connectivity index (χ3n) is 4.95. The smallest absolute Gasteiger partial charge is 0.248 e. The van der Waals surface area contributed by atoms with Crippen molar-refractivity contribution in [2.75, 3.05) is 32.8 Å². The quantitative estimate of drug-likeness (QED) is 0.785. The highest BCUT2D eigenvalue weighted by Gasteiger charge is 2.38. The van der Waals surface area contributed by atoms with Gasteiger partial charge in [-0.2, -0.15) is 4.31 Å². The first-order valence-electron chi connectivity index (χ1n) is 8.63. The van der Waals surface area contributed by atoms with E-state index >= 15 is 0 Å². The molecule has 2 aliphatic rings. The molecule has 9 heteroatoms. The topological polar surface area (TPSA) is 93.0 Å². The lowest BCUT2D eigenvalue weighted by atomic mass is 9.97. The summed E-state index contributed by atoms with van der Waals surface area (Å²) < 4.78 is 37.8. The summed E-state index contributed by atoms with van der Waals surface area (Å²) in [7, 11) is -3.71. The van der Waals surface area contributed by atoms with Gasteiger partial charge in [0.2, 0.25) is 15.9 Å². The molecule has 2 fully saturated rings. The third kappa shape index (κ3) is 3.45. The first-order chi connectivity index (χ1) is 11.8. The van der Waals surface area contributed by atoms with Crippen LogP contribution in [0.3, 0.4) is 0 Å². The molecule has 3 rings (SSSR count). The molecule has 2 unspecified atom stereocenters. The van der Waals surface area contributed by atoms with Crippen molar-refractivity contribution in [2.45, 2.75) is 44.6 Å². The Morgan fingerprint density at radius 2 is 2.04 bits per heavy atom. The summed E-state index contributed by atoms with van der Waals surface area (Å²) in [5.74, 6) is -0.00763. The number of aromatic nitrogens is 1. The molecule has 2 atom stereocenters. The predicted octanol–water partition coefficient (Wildman–Crippen LogP) is 0.939. The van der Waals surface area contributed by atoms with E-state index in [0.717, 1.165) is 0 Å². The van der Waals surface area contributed by atoms with Crippen molar-refractivity contribution in [3.63, 3.8) is 0 Å². The maximum absolute atomic E-state index is 13.0. The van der Waals surface area contributed by atoms with Crippen LogP contribution in [0.4, 0.5) is 0 Å². The molecule has 0 aromatic carbocycles. The minimum atomic E-state index is -3.71. The molecule has 2 aliphatic heterocycles. The minimum Gasteiger partial charge on any atom is -0.377 e. The first-order valence-corrected chi connectivity index (χ1v) is 10.1. The molecule has 0 aliphatic carbocycles. The van der Waals surface area contributed by atoms with Gasteiger partial charge in [0.25, 0.3) is 0 Å². The van der Waals surface area contributed by atoms with E-state index in [2.05, 4.69) is 5.16 Å². The van der Waals surface area contributed by atoms with Gasteiger partial charge in [0.15, 0.2) is 5.76 Å². The van der Waals surface area contributed by atoms with Crippen LogP contribution in [0.5, 0.6) is 0 Å². The molecule has 1 aromatic rings.